The Hall–Kier alpha value is -1.14. The van der Waals surface area contributed by atoms with Crippen LogP contribution in [0.3, 0.4) is 0 Å². The molecule has 0 aliphatic heterocycles. The molecule has 0 amide bonds. The molecule has 1 aromatic rings. The van der Waals surface area contributed by atoms with Crippen LogP contribution in [0.1, 0.15) is 24.2 Å². The fourth-order valence-corrected chi connectivity index (χ4v) is 1.06. The Balaban J connectivity index is 3.16. The number of hydrogen-bond acceptors (Lipinski definition) is 3. The summed E-state index contributed by atoms with van der Waals surface area (Å²) in [6, 6.07) is 0.894. The van der Waals surface area contributed by atoms with Crippen LogP contribution in [-0.4, -0.2) is 4.98 Å². The smallest absolute Gasteiger partial charge is 0.297 e. The molecule has 0 saturated heterocycles. The molecular weight excluding hydrogens is 197 g/mol. The van der Waals surface area contributed by atoms with Crippen molar-refractivity contribution in [3.63, 3.8) is 0 Å². The molecule has 14 heavy (non-hydrogen) atoms. The summed E-state index contributed by atoms with van der Waals surface area (Å²) in [5.41, 5.74) is -0.840. The molecule has 3 nitrogen and oxygen atoms in total. The highest BCUT2D eigenvalue weighted by Gasteiger charge is 2.34. The normalized spacial score (nSPS) is 14.1. The zero-order valence-electron chi connectivity index (χ0n) is 7.38. The molecule has 0 fully saturated rings. The van der Waals surface area contributed by atoms with Gasteiger partial charge in [0.2, 0.25) is 0 Å². The van der Waals surface area contributed by atoms with Gasteiger partial charge in [-0.1, -0.05) is 0 Å². The van der Waals surface area contributed by atoms with E-state index in [1.54, 1.807) is 0 Å². The average Bonchev–Trinajstić information content (AvgIpc) is 2.15. The number of nitrogens with two attached hydrogens (primary N) is 1. The zero-order chi connectivity index (χ0) is 10.8. The van der Waals surface area contributed by atoms with Crippen LogP contribution in [0.5, 0.6) is 0 Å². The monoisotopic (exact) mass is 206 g/mol. The number of halogens is 3. The third-order valence-electron chi connectivity index (χ3n) is 1.80. The van der Waals surface area contributed by atoms with Crippen molar-refractivity contribution in [1.82, 2.24) is 4.98 Å². The standard InChI is InChI=1S/C8H9F3N2O/c1-5(14-12)6-4-13-3-2-7(6)8(9,10)11/h2-5H,12H2,1H3. The molecule has 78 valence electrons. The Labute approximate surface area is 78.6 Å². The minimum atomic E-state index is -4.41. The summed E-state index contributed by atoms with van der Waals surface area (Å²) in [4.78, 5) is 7.92. The van der Waals surface area contributed by atoms with Crippen molar-refractivity contribution in [3.8, 4) is 0 Å². The van der Waals surface area contributed by atoms with Crippen LogP contribution in [0.25, 0.3) is 0 Å². The molecule has 0 spiro atoms. The van der Waals surface area contributed by atoms with Crippen molar-refractivity contribution in [2.75, 3.05) is 0 Å². The Bertz CT molecular complexity index is 314. The molecule has 2 N–H and O–H groups in total. The predicted octanol–water partition coefficient (Wildman–Crippen LogP) is 2.05. The predicted molar refractivity (Wildman–Crippen MR) is 42.9 cm³/mol. The van der Waals surface area contributed by atoms with Gasteiger partial charge in [-0.15, -0.1) is 0 Å². The lowest BCUT2D eigenvalue weighted by Gasteiger charge is -2.15. The van der Waals surface area contributed by atoms with Crippen LogP contribution >= 0.6 is 0 Å². The van der Waals surface area contributed by atoms with E-state index < -0.39 is 17.8 Å². The number of aromatic nitrogens is 1. The van der Waals surface area contributed by atoms with E-state index in [0.29, 0.717) is 0 Å². The third kappa shape index (κ3) is 2.21. The van der Waals surface area contributed by atoms with Gasteiger partial charge < -0.3 is 0 Å². The molecule has 0 aliphatic carbocycles. The van der Waals surface area contributed by atoms with E-state index >= 15 is 0 Å². The van der Waals surface area contributed by atoms with E-state index in [0.717, 1.165) is 18.5 Å². The molecule has 1 heterocycles. The summed E-state index contributed by atoms with van der Waals surface area (Å²) >= 11 is 0. The van der Waals surface area contributed by atoms with Gasteiger partial charge in [0.05, 0.1) is 5.56 Å². The maximum Gasteiger partial charge on any atom is 0.416 e. The third-order valence-corrected chi connectivity index (χ3v) is 1.80. The molecule has 1 aromatic heterocycles. The molecule has 1 rings (SSSR count). The van der Waals surface area contributed by atoms with Crippen LogP contribution in [0.2, 0.25) is 0 Å². The van der Waals surface area contributed by atoms with Crippen molar-refractivity contribution in [1.29, 1.82) is 0 Å². The van der Waals surface area contributed by atoms with Crippen LogP contribution < -0.4 is 5.90 Å². The van der Waals surface area contributed by atoms with Crippen LogP contribution in [0, 0.1) is 0 Å². The van der Waals surface area contributed by atoms with E-state index in [-0.39, 0.29) is 5.56 Å². The average molecular weight is 206 g/mol. The van der Waals surface area contributed by atoms with Crippen LogP contribution in [0.15, 0.2) is 18.5 Å². The first-order chi connectivity index (χ1) is 6.46. The van der Waals surface area contributed by atoms with Crippen molar-refractivity contribution in [2.24, 2.45) is 5.90 Å². The summed E-state index contributed by atoms with van der Waals surface area (Å²) in [6.07, 6.45) is -3.07. The van der Waals surface area contributed by atoms with E-state index in [9.17, 15) is 13.2 Å². The number of alkyl halides is 3. The van der Waals surface area contributed by atoms with Gasteiger partial charge in [-0.3, -0.25) is 9.82 Å². The maximum atomic E-state index is 12.4. The van der Waals surface area contributed by atoms with Gasteiger partial charge in [-0.25, -0.2) is 5.90 Å². The van der Waals surface area contributed by atoms with Crippen molar-refractivity contribution in [3.05, 3.63) is 29.6 Å². The summed E-state index contributed by atoms with van der Waals surface area (Å²) in [5, 5.41) is 0. The maximum absolute atomic E-state index is 12.4. The number of pyridine rings is 1. The lowest BCUT2D eigenvalue weighted by atomic mass is 10.1. The number of rotatable bonds is 2. The quantitative estimate of drug-likeness (QED) is 0.753. The Morgan fingerprint density at radius 1 is 1.50 bits per heavy atom. The van der Waals surface area contributed by atoms with E-state index in [2.05, 4.69) is 9.82 Å². The minimum Gasteiger partial charge on any atom is -0.297 e. The van der Waals surface area contributed by atoms with Crippen molar-refractivity contribution >= 4 is 0 Å². The van der Waals surface area contributed by atoms with Gasteiger partial charge in [0, 0.05) is 18.0 Å². The largest absolute Gasteiger partial charge is 0.416 e. The van der Waals surface area contributed by atoms with Gasteiger partial charge in [-0.2, -0.15) is 13.2 Å². The highest BCUT2D eigenvalue weighted by molar-refractivity contribution is 5.27. The SMILES string of the molecule is CC(ON)c1cnccc1C(F)(F)F. The highest BCUT2D eigenvalue weighted by Crippen LogP contribution is 2.34. The van der Waals surface area contributed by atoms with Crippen molar-refractivity contribution < 1.29 is 18.0 Å². The first-order valence-electron chi connectivity index (χ1n) is 3.83. The minimum absolute atomic E-state index is 0.0671. The van der Waals surface area contributed by atoms with Crippen LogP contribution in [-0.2, 0) is 11.0 Å². The first-order valence-corrected chi connectivity index (χ1v) is 3.83. The highest BCUT2D eigenvalue weighted by atomic mass is 19.4. The van der Waals surface area contributed by atoms with E-state index in [4.69, 9.17) is 5.90 Å². The van der Waals surface area contributed by atoms with E-state index in [1.165, 1.54) is 6.92 Å². The van der Waals surface area contributed by atoms with Gasteiger partial charge in [-0.05, 0) is 13.0 Å². The topological polar surface area (TPSA) is 48.1 Å². The molecule has 0 bridgehead atoms. The fraction of sp³-hybridized carbons (Fsp3) is 0.375. The van der Waals surface area contributed by atoms with Gasteiger partial charge in [0.15, 0.2) is 0 Å². The molecule has 0 saturated carbocycles. The summed E-state index contributed by atoms with van der Waals surface area (Å²) < 4.78 is 37.3. The van der Waals surface area contributed by atoms with Crippen molar-refractivity contribution in [2.45, 2.75) is 19.2 Å². The summed E-state index contributed by atoms with van der Waals surface area (Å²) in [6.45, 7) is 1.42. The molecule has 1 unspecified atom stereocenters. The Morgan fingerprint density at radius 3 is 2.64 bits per heavy atom. The zero-order valence-corrected chi connectivity index (χ0v) is 7.38. The number of hydrogen-bond donors (Lipinski definition) is 1. The fourth-order valence-electron chi connectivity index (χ4n) is 1.06. The van der Waals surface area contributed by atoms with Crippen LogP contribution in [0.4, 0.5) is 13.2 Å². The van der Waals surface area contributed by atoms with Gasteiger partial charge >= 0.3 is 6.18 Å². The second-order valence-corrected chi connectivity index (χ2v) is 2.74. The molecule has 0 radical (unpaired) electrons. The Kier molecular flexibility index (Phi) is 3.07. The second-order valence-electron chi connectivity index (χ2n) is 2.74. The van der Waals surface area contributed by atoms with Gasteiger partial charge in [0.25, 0.3) is 0 Å². The summed E-state index contributed by atoms with van der Waals surface area (Å²) in [7, 11) is 0. The molecule has 1 atom stereocenters. The van der Waals surface area contributed by atoms with Gasteiger partial charge in [0.1, 0.15) is 6.10 Å². The summed E-state index contributed by atoms with van der Waals surface area (Å²) in [5.74, 6) is 4.82. The Morgan fingerprint density at radius 2 is 2.14 bits per heavy atom. The lowest BCUT2D eigenvalue weighted by Crippen LogP contribution is -2.14. The number of nitrogens with zero attached hydrogens (tertiary/aromatic N) is 1. The van der Waals surface area contributed by atoms with E-state index in [1.807, 2.05) is 0 Å². The lowest BCUT2D eigenvalue weighted by molar-refractivity contribution is -0.139. The molecule has 0 aliphatic rings. The second kappa shape index (κ2) is 3.93. The molecular formula is C8H9F3N2O. The molecule has 6 heteroatoms. The molecule has 0 aromatic carbocycles. The first kappa shape index (κ1) is 10.9.